The van der Waals surface area contributed by atoms with Crippen molar-refractivity contribution in [3.63, 3.8) is 0 Å². The number of hydrogen-bond acceptors (Lipinski definition) is 5. The van der Waals surface area contributed by atoms with E-state index in [4.69, 9.17) is 9.05 Å². The Morgan fingerprint density at radius 2 is 1.71 bits per heavy atom. The van der Waals surface area contributed by atoms with Gasteiger partial charge < -0.3 is 0 Å². The van der Waals surface area contributed by atoms with Gasteiger partial charge in [-0.25, -0.2) is 9.24 Å². The van der Waals surface area contributed by atoms with Gasteiger partial charge in [0.1, 0.15) is 0 Å². The maximum Gasteiger partial charge on any atom is 0.442 e. The van der Waals surface area contributed by atoms with Gasteiger partial charge in [0, 0.05) is 5.75 Å². The summed E-state index contributed by atoms with van der Waals surface area (Å²) in [6.07, 6.45) is 0.854. The van der Waals surface area contributed by atoms with E-state index < -0.39 is 7.75 Å². The van der Waals surface area contributed by atoms with Gasteiger partial charge in [-0.05, 0) is 32.4 Å². The number of para-hydroxylation sites is 1. The minimum atomic E-state index is -3.68. The summed E-state index contributed by atoms with van der Waals surface area (Å²) in [6, 6.07) is 8.83. The number of carbonyl (C=O) groups excluding carboxylic acids is 1. The second-order valence-corrected chi connectivity index (χ2v) is 6.97. The summed E-state index contributed by atoms with van der Waals surface area (Å²) in [5, 5.41) is -0.326. The number of amides is 1. The van der Waals surface area contributed by atoms with Crippen LogP contribution in [0.2, 0.25) is 0 Å². The minimum absolute atomic E-state index is 0.201. The zero-order valence-corrected chi connectivity index (χ0v) is 14.4. The Morgan fingerprint density at radius 1 is 1.14 bits per heavy atom. The Bertz CT molecular complexity index is 473. The first-order valence-electron chi connectivity index (χ1n) is 7.00. The molecule has 0 bridgehead atoms. The van der Waals surface area contributed by atoms with Crippen molar-refractivity contribution in [2.45, 2.75) is 27.2 Å². The van der Waals surface area contributed by atoms with Gasteiger partial charge in [-0.1, -0.05) is 36.9 Å². The first kappa shape index (κ1) is 18.2. The molecule has 0 aliphatic rings. The molecule has 0 unspecified atom stereocenters. The van der Waals surface area contributed by atoms with Crippen LogP contribution in [0.25, 0.3) is 0 Å². The average molecular weight is 331 g/mol. The van der Waals surface area contributed by atoms with Crippen LogP contribution in [0.15, 0.2) is 30.3 Å². The summed E-state index contributed by atoms with van der Waals surface area (Å²) >= 11 is 1.11. The molecular formula is C14H22NO4PS. The van der Waals surface area contributed by atoms with Crippen LogP contribution in [0.4, 0.5) is 10.5 Å². The van der Waals surface area contributed by atoms with Crippen molar-refractivity contribution in [1.82, 2.24) is 0 Å². The fourth-order valence-corrected chi connectivity index (χ4v) is 4.30. The molecule has 0 saturated carbocycles. The Labute approximate surface area is 130 Å². The Kier molecular flexibility index (Phi) is 8.04. The van der Waals surface area contributed by atoms with Gasteiger partial charge in [0.25, 0.3) is 5.24 Å². The normalized spacial score (nSPS) is 11.4. The van der Waals surface area contributed by atoms with E-state index in [0.717, 1.165) is 22.9 Å². The fourth-order valence-electron chi connectivity index (χ4n) is 1.65. The monoisotopic (exact) mass is 331 g/mol. The van der Waals surface area contributed by atoms with Crippen molar-refractivity contribution in [2.24, 2.45) is 0 Å². The first-order chi connectivity index (χ1) is 10.1. The van der Waals surface area contributed by atoms with Gasteiger partial charge in [-0.2, -0.15) is 0 Å². The molecule has 1 aromatic carbocycles. The van der Waals surface area contributed by atoms with Crippen molar-refractivity contribution in [2.75, 3.05) is 23.6 Å². The molecule has 0 aliphatic carbocycles. The van der Waals surface area contributed by atoms with Crippen LogP contribution in [0, 0.1) is 0 Å². The van der Waals surface area contributed by atoms with Crippen LogP contribution in [-0.2, 0) is 13.6 Å². The van der Waals surface area contributed by atoms with Gasteiger partial charge in [0.05, 0.1) is 18.9 Å². The summed E-state index contributed by atoms with van der Waals surface area (Å²) in [5.74, 6) is 0.653. The highest BCUT2D eigenvalue weighted by Crippen LogP contribution is 2.55. The van der Waals surface area contributed by atoms with E-state index >= 15 is 0 Å². The molecule has 0 saturated heterocycles. The standard InChI is InChI=1S/C14H22NO4PS/c1-4-12-21-14(16)15(13-10-8-7-9-11-13)20(17,18-5-2)19-6-3/h7-11H,4-6,12H2,1-3H3. The third-order valence-corrected chi connectivity index (χ3v) is 5.68. The van der Waals surface area contributed by atoms with E-state index in [9.17, 15) is 9.36 Å². The summed E-state index contributed by atoms with van der Waals surface area (Å²) in [6.45, 7) is 5.83. The molecule has 0 N–H and O–H groups in total. The smallest absolute Gasteiger partial charge is 0.292 e. The van der Waals surface area contributed by atoms with Crippen LogP contribution < -0.4 is 4.67 Å². The molecule has 0 aromatic heterocycles. The number of nitrogens with zero attached hydrogens (tertiary/aromatic N) is 1. The summed E-state index contributed by atoms with van der Waals surface area (Å²) < 4.78 is 24.7. The SMILES string of the molecule is CCCSC(=O)N(c1ccccc1)P(=O)(OCC)OCC. The Balaban J connectivity index is 3.16. The molecule has 0 aliphatic heterocycles. The lowest BCUT2D eigenvalue weighted by Gasteiger charge is -2.29. The quantitative estimate of drug-likeness (QED) is 0.632. The molecule has 118 valence electrons. The number of hydrogen-bond donors (Lipinski definition) is 0. The number of thioether (sulfide) groups is 1. The van der Waals surface area contributed by atoms with Crippen molar-refractivity contribution in [3.8, 4) is 0 Å². The van der Waals surface area contributed by atoms with Crippen LogP contribution >= 0.6 is 19.5 Å². The average Bonchev–Trinajstić information content (AvgIpc) is 2.47. The Hall–Kier alpha value is -0.810. The molecule has 1 rings (SSSR count). The van der Waals surface area contributed by atoms with Gasteiger partial charge in [0.2, 0.25) is 0 Å². The predicted octanol–water partition coefficient (Wildman–Crippen LogP) is 4.94. The molecule has 7 heteroatoms. The molecule has 0 heterocycles. The van der Waals surface area contributed by atoms with Crippen LogP contribution in [0.3, 0.4) is 0 Å². The van der Waals surface area contributed by atoms with E-state index in [-0.39, 0.29) is 18.5 Å². The lowest BCUT2D eigenvalue weighted by molar-refractivity contribution is 0.217. The molecule has 0 radical (unpaired) electrons. The first-order valence-corrected chi connectivity index (χ1v) is 9.48. The highest BCUT2D eigenvalue weighted by atomic mass is 32.2. The zero-order chi connectivity index (χ0) is 15.7. The Morgan fingerprint density at radius 3 is 2.19 bits per heavy atom. The molecule has 1 aromatic rings. The number of anilines is 1. The molecule has 0 spiro atoms. The van der Waals surface area contributed by atoms with Crippen LogP contribution in [0.5, 0.6) is 0 Å². The third-order valence-electron chi connectivity index (χ3n) is 2.43. The van der Waals surface area contributed by atoms with E-state index in [1.165, 1.54) is 0 Å². The number of rotatable bonds is 8. The van der Waals surface area contributed by atoms with Gasteiger partial charge >= 0.3 is 7.75 Å². The van der Waals surface area contributed by atoms with Crippen molar-refractivity contribution < 1.29 is 18.4 Å². The molecule has 5 nitrogen and oxygen atoms in total. The summed E-state index contributed by atoms with van der Waals surface area (Å²) in [7, 11) is -3.68. The number of carbonyl (C=O) groups is 1. The van der Waals surface area contributed by atoms with Crippen LogP contribution in [-0.4, -0.2) is 24.2 Å². The van der Waals surface area contributed by atoms with Gasteiger partial charge in [-0.15, -0.1) is 0 Å². The molecular weight excluding hydrogens is 309 g/mol. The molecule has 1 amide bonds. The van der Waals surface area contributed by atoms with E-state index in [0.29, 0.717) is 11.4 Å². The van der Waals surface area contributed by atoms with Crippen molar-refractivity contribution >= 4 is 30.4 Å². The predicted molar refractivity (Wildman–Crippen MR) is 87.9 cm³/mol. The summed E-state index contributed by atoms with van der Waals surface area (Å²) in [5.41, 5.74) is 0.510. The minimum Gasteiger partial charge on any atom is -0.292 e. The second kappa shape index (κ2) is 9.26. The van der Waals surface area contributed by atoms with Crippen molar-refractivity contribution in [3.05, 3.63) is 30.3 Å². The number of benzene rings is 1. The highest BCUT2D eigenvalue weighted by molar-refractivity contribution is 8.14. The fraction of sp³-hybridized carbons (Fsp3) is 0.500. The topological polar surface area (TPSA) is 55.8 Å². The maximum absolute atomic E-state index is 13.0. The van der Waals surface area contributed by atoms with Gasteiger partial charge in [0.15, 0.2) is 0 Å². The molecule has 21 heavy (non-hydrogen) atoms. The van der Waals surface area contributed by atoms with Crippen LogP contribution in [0.1, 0.15) is 27.2 Å². The van der Waals surface area contributed by atoms with E-state index in [2.05, 4.69) is 0 Å². The zero-order valence-electron chi connectivity index (χ0n) is 12.7. The largest absolute Gasteiger partial charge is 0.442 e. The van der Waals surface area contributed by atoms with Crippen molar-refractivity contribution in [1.29, 1.82) is 0 Å². The highest BCUT2D eigenvalue weighted by Gasteiger charge is 2.38. The van der Waals surface area contributed by atoms with Gasteiger partial charge in [-0.3, -0.25) is 13.8 Å². The third kappa shape index (κ3) is 5.15. The lowest BCUT2D eigenvalue weighted by Crippen LogP contribution is -2.27. The second-order valence-electron chi connectivity index (χ2n) is 4.07. The molecule has 0 atom stereocenters. The van der Waals surface area contributed by atoms with E-state index in [1.54, 1.807) is 38.1 Å². The summed E-state index contributed by atoms with van der Waals surface area (Å²) in [4.78, 5) is 12.5. The van der Waals surface area contributed by atoms with E-state index in [1.807, 2.05) is 13.0 Å². The molecule has 0 fully saturated rings. The lowest BCUT2D eigenvalue weighted by atomic mass is 10.3. The maximum atomic E-state index is 13.0.